The molecule has 1 nitrogen and oxygen atoms in total. The van der Waals surface area contributed by atoms with Gasteiger partial charge in [-0.15, -0.1) is 0 Å². The first kappa shape index (κ1) is 14.0. The predicted molar refractivity (Wildman–Crippen MR) is 72.7 cm³/mol. The van der Waals surface area contributed by atoms with Gasteiger partial charge in [-0.1, -0.05) is 41.0 Å². The predicted octanol–water partition coefficient (Wildman–Crippen LogP) is 4.32. The number of rotatable bonds is 5. The van der Waals surface area contributed by atoms with Crippen molar-refractivity contribution in [2.75, 3.05) is 6.54 Å². The fraction of sp³-hybridized carbons (Fsp3) is 1.00. The standard InChI is InChI=1S/C15H31N/c1-12(2)13(3)16(14-8-7-9-14)11-10-15(4,5)6/h12-14H,7-11H2,1-6H3. The molecule has 1 rings (SSSR count). The van der Waals surface area contributed by atoms with E-state index in [0.717, 1.165) is 18.0 Å². The number of hydrogen-bond acceptors (Lipinski definition) is 1. The minimum Gasteiger partial charge on any atom is -0.297 e. The van der Waals surface area contributed by atoms with Crippen LogP contribution in [0.1, 0.15) is 67.2 Å². The molecule has 0 aromatic carbocycles. The molecule has 1 saturated carbocycles. The Kier molecular flexibility index (Phi) is 4.85. The summed E-state index contributed by atoms with van der Waals surface area (Å²) in [5, 5.41) is 0. The Morgan fingerprint density at radius 2 is 1.69 bits per heavy atom. The molecule has 0 aromatic rings. The average Bonchev–Trinajstić information content (AvgIpc) is 2.05. The highest BCUT2D eigenvalue weighted by molar-refractivity contribution is 4.85. The van der Waals surface area contributed by atoms with Crippen molar-refractivity contribution in [2.24, 2.45) is 11.3 Å². The Morgan fingerprint density at radius 1 is 1.12 bits per heavy atom. The van der Waals surface area contributed by atoms with E-state index in [0.29, 0.717) is 5.41 Å². The average molecular weight is 225 g/mol. The fourth-order valence-corrected chi connectivity index (χ4v) is 2.28. The van der Waals surface area contributed by atoms with E-state index in [4.69, 9.17) is 0 Å². The summed E-state index contributed by atoms with van der Waals surface area (Å²) in [6.45, 7) is 15.5. The molecule has 0 amide bonds. The molecule has 1 aliphatic rings. The second-order valence-corrected chi connectivity index (χ2v) is 7.12. The molecule has 1 atom stereocenters. The quantitative estimate of drug-likeness (QED) is 0.673. The Labute approximate surface area is 103 Å². The van der Waals surface area contributed by atoms with Crippen molar-refractivity contribution in [1.29, 1.82) is 0 Å². The van der Waals surface area contributed by atoms with E-state index >= 15 is 0 Å². The highest BCUT2D eigenvalue weighted by Gasteiger charge is 2.30. The lowest BCUT2D eigenvalue weighted by atomic mass is 9.86. The SMILES string of the molecule is CC(C)C(C)N(CCC(C)(C)C)C1CCC1. The van der Waals surface area contributed by atoms with Crippen LogP contribution in [-0.2, 0) is 0 Å². The summed E-state index contributed by atoms with van der Waals surface area (Å²) in [6.07, 6.45) is 5.63. The normalized spacial score (nSPS) is 20.2. The largest absolute Gasteiger partial charge is 0.297 e. The second kappa shape index (κ2) is 5.53. The van der Waals surface area contributed by atoms with Gasteiger partial charge in [0.05, 0.1) is 0 Å². The Morgan fingerprint density at radius 3 is 2.00 bits per heavy atom. The molecule has 1 aliphatic carbocycles. The van der Waals surface area contributed by atoms with Crippen molar-refractivity contribution in [3.8, 4) is 0 Å². The Bertz CT molecular complexity index is 198. The van der Waals surface area contributed by atoms with Crippen LogP contribution in [0.25, 0.3) is 0 Å². The number of hydrogen-bond donors (Lipinski definition) is 0. The zero-order valence-electron chi connectivity index (χ0n) is 12.2. The van der Waals surface area contributed by atoms with Crippen LogP contribution in [0.3, 0.4) is 0 Å². The van der Waals surface area contributed by atoms with Crippen LogP contribution in [0.15, 0.2) is 0 Å². The Hall–Kier alpha value is -0.0400. The van der Waals surface area contributed by atoms with Crippen LogP contribution < -0.4 is 0 Å². The molecule has 0 aromatic heterocycles. The monoisotopic (exact) mass is 225 g/mol. The van der Waals surface area contributed by atoms with E-state index in [2.05, 4.69) is 46.4 Å². The summed E-state index contributed by atoms with van der Waals surface area (Å²) in [5.74, 6) is 0.778. The van der Waals surface area contributed by atoms with Crippen molar-refractivity contribution in [3.63, 3.8) is 0 Å². The van der Waals surface area contributed by atoms with Crippen LogP contribution in [0.4, 0.5) is 0 Å². The van der Waals surface area contributed by atoms with E-state index in [1.54, 1.807) is 0 Å². The van der Waals surface area contributed by atoms with Gasteiger partial charge in [-0.2, -0.15) is 0 Å². The van der Waals surface area contributed by atoms with Crippen molar-refractivity contribution in [2.45, 2.75) is 79.3 Å². The summed E-state index contributed by atoms with van der Waals surface area (Å²) >= 11 is 0. The summed E-state index contributed by atoms with van der Waals surface area (Å²) < 4.78 is 0. The lowest BCUT2D eigenvalue weighted by Crippen LogP contribution is -2.48. The molecule has 0 aliphatic heterocycles. The van der Waals surface area contributed by atoms with Crippen molar-refractivity contribution in [1.82, 2.24) is 4.90 Å². The topological polar surface area (TPSA) is 3.24 Å². The van der Waals surface area contributed by atoms with Crippen molar-refractivity contribution in [3.05, 3.63) is 0 Å². The summed E-state index contributed by atoms with van der Waals surface area (Å²) in [7, 11) is 0. The highest BCUT2D eigenvalue weighted by atomic mass is 15.2. The maximum atomic E-state index is 2.78. The van der Waals surface area contributed by atoms with Crippen LogP contribution in [0, 0.1) is 11.3 Å². The van der Waals surface area contributed by atoms with Gasteiger partial charge in [0.1, 0.15) is 0 Å². The first-order valence-corrected chi connectivity index (χ1v) is 7.07. The van der Waals surface area contributed by atoms with Gasteiger partial charge in [-0.3, -0.25) is 4.90 Å². The van der Waals surface area contributed by atoms with Gasteiger partial charge in [0.25, 0.3) is 0 Å². The van der Waals surface area contributed by atoms with Gasteiger partial charge < -0.3 is 0 Å². The third kappa shape index (κ3) is 4.08. The lowest BCUT2D eigenvalue weighted by molar-refractivity contribution is 0.0548. The molecule has 0 saturated heterocycles. The molecule has 1 fully saturated rings. The zero-order valence-corrected chi connectivity index (χ0v) is 12.2. The highest BCUT2D eigenvalue weighted by Crippen LogP contribution is 2.30. The van der Waals surface area contributed by atoms with Crippen molar-refractivity contribution >= 4 is 0 Å². The first-order chi connectivity index (χ1) is 7.31. The molecule has 0 bridgehead atoms. The maximum absolute atomic E-state index is 2.78. The zero-order chi connectivity index (χ0) is 12.3. The van der Waals surface area contributed by atoms with Crippen LogP contribution in [0.2, 0.25) is 0 Å². The molecule has 1 unspecified atom stereocenters. The molecule has 0 radical (unpaired) electrons. The van der Waals surface area contributed by atoms with Gasteiger partial charge >= 0.3 is 0 Å². The smallest absolute Gasteiger partial charge is 0.00982 e. The van der Waals surface area contributed by atoms with Crippen molar-refractivity contribution < 1.29 is 0 Å². The molecule has 96 valence electrons. The van der Waals surface area contributed by atoms with E-state index in [1.807, 2.05) is 0 Å². The minimum atomic E-state index is 0.471. The summed E-state index contributed by atoms with van der Waals surface area (Å²) in [4.78, 5) is 2.78. The van der Waals surface area contributed by atoms with Gasteiger partial charge in [0.2, 0.25) is 0 Å². The molecule has 0 N–H and O–H groups in total. The minimum absolute atomic E-state index is 0.471. The third-order valence-corrected chi connectivity index (χ3v) is 4.15. The molecular weight excluding hydrogens is 194 g/mol. The van der Waals surface area contributed by atoms with Gasteiger partial charge in [0.15, 0.2) is 0 Å². The third-order valence-electron chi connectivity index (χ3n) is 4.15. The van der Waals surface area contributed by atoms with E-state index in [1.165, 1.54) is 32.2 Å². The van der Waals surface area contributed by atoms with Crippen LogP contribution in [-0.4, -0.2) is 23.5 Å². The van der Waals surface area contributed by atoms with Gasteiger partial charge in [-0.05, 0) is 44.1 Å². The first-order valence-electron chi connectivity index (χ1n) is 7.07. The molecule has 0 spiro atoms. The van der Waals surface area contributed by atoms with Gasteiger partial charge in [-0.25, -0.2) is 0 Å². The molecule has 0 heterocycles. The van der Waals surface area contributed by atoms with Crippen LogP contribution in [0.5, 0.6) is 0 Å². The second-order valence-electron chi connectivity index (χ2n) is 7.12. The molecule has 16 heavy (non-hydrogen) atoms. The Balaban J connectivity index is 2.50. The summed E-state index contributed by atoms with van der Waals surface area (Å²) in [5.41, 5.74) is 0.471. The fourth-order valence-electron chi connectivity index (χ4n) is 2.28. The molecule has 1 heteroatoms. The lowest BCUT2D eigenvalue weighted by Gasteiger charge is -2.44. The number of nitrogens with zero attached hydrogens (tertiary/aromatic N) is 1. The molecular formula is C15H31N. The van der Waals surface area contributed by atoms with E-state index in [-0.39, 0.29) is 0 Å². The van der Waals surface area contributed by atoms with E-state index in [9.17, 15) is 0 Å². The van der Waals surface area contributed by atoms with Gasteiger partial charge in [0, 0.05) is 12.1 Å². The van der Waals surface area contributed by atoms with Crippen LogP contribution >= 0.6 is 0 Å². The summed E-state index contributed by atoms with van der Waals surface area (Å²) in [6, 6.07) is 1.63. The maximum Gasteiger partial charge on any atom is 0.00982 e. The van der Waals surface area contributed by atoms with E-state index < -0.39 is 0 Å².